The standard InChI is InChI=1S/C9H13N3O3/c1-6-3-7(12(2)11-6)4-8(13)10-5-9(14)15/h3H,4-5H2,1-2H3,(H,10,13)(H,14,15). The number of aromatic nitrogens is 2. The summed E-state index contributed by atoms with van der Waals surface area (Å²) in [7, 11) is 1.74. The van der Waals surface area contributed by atoms with Gasteiger partial charge in [-0.05, 0) is 13.0 Å². The van der Waals surface area contributed by atoms with E-state index in [1.165, 1.54) is 0 Å². The number of hydrogen-bond donors (Lipinski definition) is 2. The van der Waals surface area contributed by atoms with Crippen LogP contribution < -0.4 is 5.32 Å². The molecular formula is C9H13N3O3. The van der Waals surface area contributed by atoms with Gasteiger partial charge < -0.3 is 10.4 Å². The largest absolute Gasteiger partial charge is 0.480 e. The molecule has 0 spiro atoms. The summed E-state index contributed by atoms with van der Waals surface area (Å²) < 4.78 is 1.61. The van der Waals surface area contributed by atoms with E-state index in [9.17, 15) is 9.59 Å². The highest BCUT2D eigenvalue weighted by Crippen LogP contribution is 2.02. The van der Waals surface area contributed by atoms with Crippen molar-refractivity contribution in [3.05, 3.63) is 17.5 Å². The highest BCUT2D eigenvalue weighted by atomic mass is 16.4. The average Bonchev–Trinajstić information content (AvgIpc) is 2.42. The number of aliphatic carboxylic acids is 1. The molecule has 0 saturated heterocycles. The molecule has 0 aromatic carbocycles. The van der Waals surface area contributed by atoms with E-state index in [2.05, 4.69) is 10.4 Å². The van der Waals surface area contributed by atoms with Gasteiger partial charge in [0.15, 0.2) is 0 Å². The monoisotopic (exact) mass is 211 g/mol. The molecule has 6 nitrogen and oxygen atoms in total. The molecule has 0 aliphatic carbocycles. The van der Waals surface area contributed by atoms with Crippen LogP contribution in [-0.2, 0) is 23.1 Å². The molecule has 1 rings (SSSR count). The molecule has 0 aliphatic heterocycles. The lowest BCUT2D eigenvalue weighted by Gasteiger charge is -2.02. The van der Waals surface area contributed by atoms with Crippen molar-refractivity contribution in [2.75, 3.05) is 6.54 Å². The van der Waals surface area contributed by atoms with Crippen molar-refractivity contribution < 1.29 is 14.7 Å². The lowest BCUT2D eigenvalue weighted by Crippen LogP contribution is -2.30. The Labute approximate surface area is 86.9 Å². The molecule has 0 unspecified atom stereocenters. The second-order valence-electron chi connectivity index (χ2n) is 3.25. The highest BCUT2D eigenvalue weighted by Gasteiger charge is 2.08. The zero-order valence-corrected chi connectivity index (χ0v) is 8.65. The normalized spacial score (nSPS) is 10.0. The molecule has 0 radical (unpaired) electrons. The third-order valence-electron chi connectivity index (χ3n) is 1.88. The Morgan fingerprint density at radius 3 is 2.73 bits per heavy atom. The van der Waals surface area contributed by atoms with Gasteiger partial charge in [-0.1, -0.05) is 0 Å². The first-order chi connectivity index (χ1) is 6.99. The van der Waals surface area contributed by atoms with Crippen LogP contribution in [-0.4, -0.2) is 33.3 Å². The number of carboxylic acid groups (broad SMARTS) is 1. The maximum Gasteiger partial charge on any atom is 0.322 e. The number of aryl methyl sites for hydroxylation is 2. The Kier molecular flexibility index (Phi) is 3.43. The van der Waals surface area contributed by atoms with E-state index in [4.69, 9.17) is 5.11 Å². The predicted octanol–water partition coefficient (Wildman–Crippen LogP) is -0.528. The molecule has 82 valence electrons. The number of carbonyl (C=O) groups excluding carboxylic acids is 1. The molecule has 0 aliphatic rings. The fourth-order valence-corrected chi connectivity index (χ4v) is 1.23. The molecule has 15 heavy (non-hydrogen) atoms. The predicted molar refractivity (Wildman–Crippen MR) is 52.3 cm³/mol. The molecule has 1 amide bonds. The summed E-state index contributed by atoms with van der Waals surface area (Å²) >= 11 is 0. The maximum absolute atomic E-state index is 11.3. The van der Waals surface area contributed by atoms with Gasteiger partial charge in [0, 0.05) is 12.7 Å². The molecular weight excluding hydrogens is 198 g/mol. The lowest BCUT2D eigenvalue weighted by molar-refractivity contribution is -0.137. The van der Waals surface area contributed by atoms with Crippen LogP contribution in [0.15, 0.2) is 6.07 Å². The van der Waals surface area contributed by atoms with Gasteiger partial charge in [0.1, 0.15) is 6.54 Å². The second-order valence-corrected chi connectivity index (χ2v) is 3.25. The van der Waals surface area contributed by atoms with Crippen LogP contribution in [0.3, 0.4) is 0 Å². The van der Waals surface area contributed by atoms with Crippen molar-refractivity contribution in [1.29, 1.82) is 0 Å². The minimum Gasteiger partial charge on any atom is -0.480 e. The minimum absolute atomic E-state index is 0.143. The van der Waals surface area contributed by atoms with Crippen molar-refractivity contribution in [3.63, 3.8) is 0 Å². The van der Waals surface area contributed by atoms with Crippen LogP contribution in [0.4, 0.5) is 0 Å². The molecule has 0 fully saturated rings. The summed E-state index contributed by atoms with van der Waals surface area (Å²) in [6.45, 7) is 1.48. The third-order valence-corrected chi connectivity index (χ3v) is 1.88. The molecule has 1 heterocycles. The molecule has 0 atom stereocenters. The van der Waals surface area contributed by atoms with Gasteiger partial charge >= 0.3 is 5.97 Å². The van der Waals surface area contributed by atoms with E-state index < -0.39 is 5.97 Å². The fraction of sp³-hybridized carbons (Fsp3) is 0.444. The van der Waals surface area contributed by atoms with Crippen molar-refractivity contribution in [1.82, 2.24) is 15.1 Å². The second kappa shape index (κ2) is 4.59. The number of nitrogens with zero attached hydrogens (tertiary/aromatic N) is 2. The number of amides is 1. The zero-order chi connectivity index (χ0) is 11.4. The van der Waals surface area contributed by atoms with Crippen LogP contribution in [0.1, 0.15) is 11.4 Å². The Hall–Kier alpha value is -1.85. The first-order valence-electron chi connectivity index (χ1n) is 4.47. The first kappa shape index (κ1) is 11.2. The number of carboxylic acids is 1. The van der Waals surface area contributed by atoms with Gasteiger partial charge in [0.25, 0.3) is 0 Å². The number of nitrogens with one attached hydrogen (secondary N) is 1. The topological polar surface area (TPSA) is 84.2 Å². The van der Waals surface area contributed by atoms with Crippen LogP contribution in [0.25, 0.3) is 0 Å². The smallest absolute Gasteiger partial charge is 0.322 e. The summed E-state index contributed by atoms with van der Waals surface area (Å²) in [5.41, 5.74) is 1.59. The van der Waals surface area contributed by atoms with Gasteiger partial charge in [0.2, 0.25) is 5.91 Å². The Morgan fingerprint density at radius 1 is 1.60 bits per heavy atom. The van der Waals surface area contributed by atoms with Gasteiger partial charge in [-0.15, -0.1) is 0 Å². The highest BCUT2D eigenvalue weighted by molar-refractivity contribution is 5.82. The molecule has 6 heteroatoms. The van der Waals surface area contributed by atoms with Crippen molar-refractivity contribution in [3.8, 4) is 0 Å². The van der Waals surface area contributed by atoms with E-state index in [0.717, 1.165) is 11.4 Å². The van der Waals surface area contributed by atoms with Crippen LogP contribution >= 0.6 is 0 Å². The zero-order valence-electron chi connectivity index (χ0n) is 8.65. The molecule has 0 bridgehead atoms. The van der Waals surface area contributed by atoms with E-state index in [0.29, 0.717) is 0 Å². The van der Waals surface area contributed by atoms with Crippen LogP contribution in [0, 0.1) is 6.92 Å². The molecule has 0 saturated carbocycles. The number of rotatable bonds is 4. The summed E-state index contributed by atoms with van der Waals surface area (Å²) in [5.74, 6) is -1.37. The minimum atomic E-state index is -1.05. The van der Waals surface area contributed by atoms with Crippen molar-refractivity contribution in [2.45, 2.75) is 13.3 Å². The number of hydrogen-bond acceptors (Lipinski definition) is 3. The Bertz CT molecular complexity index is 384. The lowest BCUT2D eigenvalue weighted by atomic mass is 10.2. The van der Waals surface area contributed by atoms with Gasteiger partial charge in [-0.3, -0.25) is 14.3 Å². The summed E-state index contributed by atoms with van der Waals surface area (Å²) in [5, 5.41) is 14.7. The third kappa shape index (κ3) is 3.41. The molecule has 2 N–H and O–H groups in total. The van der Waals surface area contributed by atoms with Gasteiger partial charge in [-0.2, -0.15) is 5.10 Å². The quantitative estimate of drug-likeness (QED) is 0.701. The SMILES string of the molecule is Cc1cc(CC(=O)NCC(=O)O)n(C)n1. The van der Waals surface area contributed by atoms with E-state index in [1.807, 2.05) is 6.92 Å². The van der Waals surface area contributed by atoms with E-state index in [1.54, 1.807) is 17.8 Å². The van der Waals surface area contributed by atoms with Crippen LogP contribution in [0.5, 0.6) is 0 Å². The molecule has 1 aromatic rings. The summed E-state index contributed by atoms with van der Waals surface area (Å²) in [4.78, 5) is 21.5. The van der Waals surface area contributed by atoms with E-state index >= 15 is 0 Å². The molecule has 1 aromatic heterocycles. The Balaban J connectivity index is 2.51. The van der Waals surface area contributed by atoms with Gasteiger partial charge in [0.05, 0.1) is 12.1 Å². The maximum atomic E-state index is 11.3. The average molecular weight is 211 g/mol. The Morgan fingerprint density at radius 2 is 2.27 bits per heavy atom. The van der Waals surface area contributed by atoms with Crippen molar-refractivity contribution >= 4 is 11.9 Å². The number of carbonyl (C=O) groups is 2. The van der Waals surface area contributed by atoms with Gasteiger partial charge in [-0.25, -0.2) is 0 Å². The first-order valence-corrected chi connectivity index (χ1v) is 4.47. The fourth-order valence-electron chi connectivity index (χ4n) is 1.23. The summed E-state index contributed by atoms with van der Waals surface area (Å²) in [6.07, 6.45) is 0.143. The summed E-state index contributed by atoms with van der Waals surface area (Å²) in [6, 6.07) is 1.79. The van der Waals surface area contributed by atoms with Crippen molar-refractivity contribution in [2.24, 2.45) is 7.05 Å². The van der Waals surface area contributed by atoms with Crippen LogP contribution in [0.2, 0.25) is 0 Å². The van der Waals surface area contributed by atoms with E-state index in [-0.39, 0.29) is 18.9 Å².